The van der Waals surface area contributed by atoms with Crippen molar-refractivity contribution in [3.8, 4) is 17.3 Å². The first-order valence-electron chi connectivity index (χ1n) is 9.24. The summed E-state index contributed by atoms with van der Waals surface area (Å²) in [6, 6.07) is 20.5. The van der Waals surface area contributed by atoms with Crippen molar-refractivity contribution in [2.45, 2.75) is 12.5 Å². The van der Waals surface area contributed by atoms with Crippen molar-refractivity contribution in [2.24, 2.45) is 0 Å². The molecule has 0 saturated heterocycles. The second-order valence-electron chi connectivity index (χ2n) is 7.30. The van der Waals surface area contributed by atoms with E-state index in [1.54, 1.807) is 12.3 Å². The Bertz CT molecular complexity index is 1200. The van der Waals surface area contributed by atoms with Crippen LogP contribution in [0.25, 0.3) is 22.2 Å². The lowest BCUT2D eigenvalue weighted by molar-refractivity contribution is 0.295. The average Bonchev–Trinajstić information content (AvgIpc) is 3.20. The maximum atomic E-state index is 8.91. The smallest absolute Gasteiger partial charge is 0.163 e. The van der Waals surface area contributed by atoms with Crippen LogP contribution >= 0.6 is 0 Å². The predicted octanol–water partition coefficient (Wildman–Crippen LogP) is 4.34. The number of nitrogens with zero attached hydrogens (tertiary/aromatic N) is 4. The molecule has 0 saturated carbocycles. The third kappa shape index (κ3) is 2.84. The molecular weight excluding hydrogens is 348 g/mol. The largest absolute Gasteiger partial charge is 0.464 e. The summed E-state index contributed by atoms with van der Waals surface area (Å²) in [4.78, 5) is 2.35. The van der Waals surface area contributed by atoms with Gasteiger partial charge in [-0.1, -0.05) is 18.2 Å². The molecule has 3 heterocycles. The third-order valence-corrected chi connectivity index (χ3v) is 5.41. The van der Waals surface area contributed by atoms with Crippen LogP contribution in [-0.2, 0) is 6.54 Å². The summed E-state index contributed by atoms with van der Waals surface area (Å²) < 4.78 is 5.49. The van der Waals surface area contributed by atoms with Crippen molar-refractivity contribution in [2.75, 3.05) is 13.6 Å². The zero-order chi connectivity index (χ0) is 19.1. The fourth-order valence-corrected chi connectivity index (χ4v) is 4.04. The van der Waals surface area contributed by atoms with Crippen molar-refractivity contribution < 1.29 is 4.42 Å². The number of furan rings is 1. The molecule has 0 spiro atoms. The molecule has 0 bridgehead atoms. The summed E-state index contributed by atoms with van der Waals surface area (Å²) in [5, 5.41) is 18.2. The van der Waals surface area contributed by atoms with Gasteiger partial charge in [-0.3, -0.25) is 0 Å². The van der Waals surface area contributed by atoms with E-state index in [1.165, 1.54) is 16.7 Å². The first-order chi connectivity index (χ1) is 13.7. The number of fused-ring (bicyclic) bond motifs is 2. The van der Waals surface area contributed by atoms with Gasteiger partial charge in [0, 0.05) is 30.0 Å². The Kier molecular flexibility index (Phi) is 3.92. The Balaban J connectivity index is 1.56. The normalized spacial score (nSPS) is 16.6. The van der Waals surface area contributed by atoms with Crippen LogP contribution in [-0.4, -0.2) is 28.7 Å². The molecule has 1 aliphatic rings. The van der Waals surface area contributed by atoms with Gasteiger partial charge in [0.15, 0.2) is 5.69 Å². The standard InChI is InChI=1S/C23H18N4O/c1-27-13-18-11-16(22-6-4-19(12-24)25-26-22)2-5-20(18)21(14-27)15-3-7-23-17(10-15)8-9-28-23/h2-11,21H,13-14H2,1H3. The number of hydrogen-bond acceptors (Lipinski definition) is 5. The highest BCUT2D eigenvalue weighted by molar-refractivity contribution is 5.78. The fourth-order valence-electron chi connectivity index (χ4n) is 4.04. The first kappa shape index (κ1) is 16.7. The van der Waals surface area contributed by atoms with E-state index in [4.69, 9.17) is 9.68 Å². The number of benzene rings is 2. The Labute approximate surface area is 162 Å². The molecule has 136 valence electrons. The van der Waals surface area contributed by atoms with Gasteiger partial charge in [0.05, 0.1) is 12.0 Å². The van der Waals surface area contributed by atoms with Crippen molar-refractivity contribution >= 4 is 11.0 Å². The van der Waals surface area contributed by atoms with Crippen molar-refractivity contribution in [3.05, 3.63) is 83.2 Å². The van der Waals surface area contributed by atoms with Gasteiger partial charge in [-0.2, -0.15) is 5.26 Å². The monoisotopic (exact) mass is 366 g/mol. The number of rotatable bonds is 2. The van der Waals surface area contributed by atoms with E-state index in [9.17, 15) is 0 Å². The second kappa shape index (κ2) is 6.59. The number of likely N-dealkylation sites (N-methyl/N-ethyl adjacent to an activating group) is 1. The quantitative estimate of drug-likeness (QED) is 0.528. The summed E-state index contributed by atoms with van der Waals surface area (Å²) in [5.74, 6) is 0.314. The summed E-state index contributed by atoms with van der Waals surface area (Å²) in [7, 11) is 2.15. The summed E-state index contributed by atoms with van der Waals surface area (Å²) in [6.45, 7) is 1.88. The molecule has 5 nitrogen and oxygen atoms in total. The maximum Gasteiger partial charge on any atom is 0.163 e. The van der Waals surface area contributed by atoms with Crippen molar-refractivity contribution in [1.29, 1.82) is 5.26 Å². The van der Waals surface area contributed by atoms with Crippen LogP contribution in [0.2, 0.25) is 0 Å². The molecule has 1 atom stereocenters. The van der Waals surface area contributed by atoms with Gasteiger partial charge in [-0.25, -0.2) is 0 Å². The zero-order valence-electron chi connectivity index (χ0n) is 15.5. The van der Waals surface area contributed by atoms with Gasteiger partial charge in [-0.15, -0.1) is 10.2 Å². The molecule has 0 amide bonds. The highest BCUT2D eigenvalue weighted by atomic mass is 16.3. The van der Waals surface area contributed by atoms with Crippen molar-refractivity contribution in [3.63, 3.8) is 0 Å². The van der Waals surface area contributed by atoms with Crippen LogP contribution in [0.15, 0.2) is 65.3 Å². The van der Waals surface area contributed by atoms with E-state index in [2.05, 4.69) is 58.5 Å². The average molecular weight is 366 g/mol. The fraction of sp³-hybridized carbons (Fsp3) is 0.174. The highest BCUT2D eigenvalue weighted by Crippen LogP contribution is 2.36. The van der Waals surface area contributed by atoms with Crippen LogP contribution in [0.5, 0.6) is 0 Å². The second-order valence-corrected chi connectivity index (χ2v) is 7.30. The molecular formula is C23H18N4O. The lowest BCUT2D eigenvalue weighted by atomic mass is 9.83. The maximum absolute atomic E-state index is 8.91. The van der Waals surface area contributed by atoms with Crippen LogP contribution in [0, 0.1) is 11.3 Å². The lowest BCUT2D eigenvalue weighted by Crippen LogP contribution is -2.31. The van der Waals surface area contributed by atoms with Crippen LogP contribution in [0.4, 0.5) is 0 Å². The topological polar surface area (TPSA) is 66.0 Å². The van der Waals surface area contributed by atoms with E-state index < -0.39 is 0 Å². The van der Waals surface area contributed by atoms with Crippen LogP contribution in [0.1, 0.15) is 28.3 Å². The van der Waals surface area contributed by atoms with Crippen LogP contribution in [0.3, 0.4) is 0 Å². The van der Waals surface area contributed by atoms with Gasteiger partial charge in [0.2, 0.25) is 0 Å². The molecule has 2 aromatic heterocycles. The SMILES string of the molecule is CN1Cc2cc(-c3ccc(C#N)nn3)ccc2C(c2ccc3occc3c2)C1. The van der Waals surface area contributed by atoms with Gasteiger partial charge in [0.25, 0.3) is 0 Å². The molecule has 1 unspecified atom stereocenters. The number of nitriles is 1. The molecule has 0 N–H and O–H groups in total. The minimum Gasteiger partial charge on any atom is -0.464 e. The summed E-state index contributed by atoms with van der Waals surface area (Å²) in [6.07, 6.45) is 1.74. The number of aromatic nitrogens is 2. The molecule has 1 aliphatic heterocycles. The van der Waals surface area contributed by atoms with E-state index in [0.29, 0.717) is 11.6 Å². The first-order valence-corrected chi connectivity index (χ1v) is 9.24. The molecule has 4 aromatic rings. The van der Waals surface area contributed by atoms with Gasteiger partial charge in [-0.05, 0) is 60.1 Å². The Hall–Kier alpha value is -3.49. The number of hydrogen-bond donors (Lipinski definition) is 0. The van der Waals surface area contributed by atoms with E-state index >= 15 is 0 Å². The van der Waals surface area contributed by atoms with E-state index in [1.807, 2.05) is 18.2 Å². The van der Waals surface area contributed by atoms with E-state index in [-0.39, 0.29) is 0 Å². The zero-order valence-corrected chi connectivity index (χ0v) is 15.5. The summed E-state index contributed by atoms with van der Waals surface area (Å²) >= 11 is 0. The Morgan fingerprint density at radius 1 is 1.07 bits per heavy atom. The Morgan fingerprint density at radius 2 is 2.00 bits per heavy atom. The Morgan fingerprint density at radius 3 is 2.82 bits per heavy atom. The lowest BCUT2D eigenvalue weighted by Gasteiger charge is -2.33. The molecule has 28 heavy (non-hydrogen) atoms. The third-order valence-electron chi connectivity index (χ3n) is 5.41. The minimum absolute atomic E-state index is 0.314. The molecule has 5 heteroatoms. The van der Waals surface area contributed by atoms with Crippen molar-refractivity contribution in [1.82, 2.24) is 15.1 Å². The molecule has 5 rings (SSSR count). The van der Waals surface area contributed by atoms with Gasteiger partial charge >= 0.3 is 0 Å². The summed E-state index contributed by atoms with van der Waals surface area (Å²) in [5.41, 5.74) is 7.01. The van der Waals surface area contributed by atoms with Gasteiger partial charge < -0.3 is 9.32 Å². The predicted molar refractivity (Wildman–Crippen MR) is 107 cm³/mol. The molecule has 0 fully saturated rings. The minimum atomic E-state index is 0.314. The molecule has 2 aromatic carbocycles. The molecule has 0 aliphatic carbocycles. The highest BCUT2D eigenvalue weighted by Gasteiger charge is 2.25. The van der Waals surface area contributed by atoms with E-state index in [0.717, 1.165) is 35.3 Å². The molecule has 0 radical (unpaired) electrons. The van der Waals surface area contributed by atoms with Gasteiger partial charge in [0.1, 0.15) is 11.7 Å². The van der Waals surface area contributed by atoms with Crippen LogP contribution < -0.4 is 0 Å².